The van der Waals surface area contributed by atoms with Crippen LogP contribution in [0.25, 0.3) is 0 Å². The second kappa shape index (κ2) is 7.19. The molecule has 106 valence electrons. The van der Waals surface area contributed by atoms with E-state index in [4.69, 9.17) is 5.11 Å². The first-order valence-electron chi connectivity index (χ1n) is 6.33. The van der Waals surface area contributed by atoms with E-state index in [9.17, 15) is 13.6 Å². The largest absolute Gasteiger partial charge is 0.393 e. The van der Waals surface area contributed by atoms with Crippen LogP contribution in [0.1, 0.15) is 32.3 Å². The Kier molecular flexibility index (Phi) is 5.89. The quantitative estimate of drug-likeness (QED) is 0.863. The lowest BCUT2D eigenvalue weighted by Gasteiger charge is -2.21. The highest BCUT2D eigenvalue weighted by Gasteiger charge is 2.14. The standard InChI is InChI=1S/C14H19F2NO2/c1-3-17(14(19)7-4-10(2)18)9-11-5-6-12(15)13(16)8-11/h5-6,8,10,18H,3-4,7,9H2,1-2H3. The maximum absolute atomic E-state index is 13.1. The topological polar surface area (TPSA) is 40.5 Å². The number of aliphatic hydroxyl groups excluding tert-OH is 1. The molecule has 0 spiro atoms. The fourth-order valence-corrected chi connectivity index (χ4v) is 1.73. The van der Waals surface area contributed by atoms with Gasteiger partial charge >= 0.3 is 0 Å². The second-order valence-electron chi connectivity index (χ2n) is 4.54. The van der Waals surface area contributed by atoms with Crippen LogP contribution in [-0.4, -0.2) is 28.6 Å². The molecule has 0 fully saturated rings. The van der Waals surface area contributed by atoms with Crippen molar-refractivity contribution in [3.05, 3.63) is 35.4 Å². The van der Waals surface area contributed by atoms with Crippen molar-refractivity contribution in [1.29, 1.82) is 0 Å². The first-order chi connectivity index (χ1) is 8.93. The summed E-state index contributed by atoms with van der Waals surface area (Å²) in [5.74, 6) is -1.91. The monoisotopic (exact) mass is 271 g/mol. The molecule has 1 amide bonds. The highest BCUT2D eigenvalue weighted by Crippen LogP contribution is 2.12. The highest BCUT2D eigenvalue weighted by atomic mass is 19.2. The fourth-order valence-electron chi connectivity index (χ4n) is 1.73. The Bertz CT molecular complexity index is 435. The predicted molar refractivity (Wildman–Crippen MR) is 68.4 cm³/mol. The molecule has 0 radical (unpaired) electrons. The van der Waals surface area contributed by atoms with E-state index in [0.29, 0.717) is 18.5 Å². The minimum Gasteiger partial charge on any atom is -0.393 e. The molecule has 19 heavy (non-hydrogen) atoms. The lowest BCUT2D eigenvalue weighted by molar-refractivity contribution is -0.132. The Morgan fingerprint density at radius 1 is 1.37 bits per heavy atom. The molecule has 3 nitrogen and oxygen atoms in total. The number of amides is 1. The molecule has 0 aliphatic carbocycles. The summed E-state index contributed by atoms with van der Waals surface area (Å²) in [6, 6.07) is 3.61. The van der Waals surface area contributed by atoms with Gasteiger partial charge in [0.05, 0.1) is 6.10 Å². The normalized spacial score (nSPS) is 12.3. The van der Waals surface area contributed by atoms with E-state index in [2.05, 4.69) is 0 Å². The summed E-state index contributed by atoms with van der Waals surface area (Å²) in [5.41, 5.74) is 0.547. The van der Waals surface area contributed by atoms with Gasteiger partial charge in [-0.1, -0.05) is 6.07 Å². The van der Waals surface area contributed by atoms with E-state index in [1.807, 2.05) is 6.92 Å². The molecule has 1 rings (SSSR count). The number of hydrogen-bond acceptors (Lipinski definition) is 2. The van der Waals surface area contributed by atoms with Crippen LogP contribution in [0.3, 0.4) is 0 Å². The Balaban J connectivity index is 2.65. The van der Waals surface area contributed by atoms with Crippen LogP contribution in [0.15, 0.2) is 18.2 Å². The third-order valence-corrected chi connectivity index (χ3v) is 2.87. The summed E-state index contributed by atoms with van der Waals surface area (Å²) < 4.78 is 25.9. The molecule has 0 aliphatic heterocycles. The van der Waals surface area contributed by atoms with E-state index in [0.717, 1.165) is 12.1 Å². The van der Waals surface area contributed by atoms with Gasteiger partial charge in [0.15, 0.2) is 11.6 Å². The van der Waals surface area contributed by atoms with Gasteiger partial charge in [0.25, 0.3) is 0 Å². The number of carbonyl (C=O) groups is 1. The van der Waals surface area contributed by atoms with Crippen molar-refractivity contribution in [2.75, 3.05) is 6.54 Å². The summed E-state index contributed by atoms with van der Waals surface area (Å²) in [4.78, 5) is 13.4. The van der Waals surface area contributed by atoms with E-state index in [1.54, 1.807) is 11.8 Å². The zero-order chi connectivity index (χ0) is 14.4. The fraction of sp³-hybridized carbons (Fsp3) is 0.500. The minimum absolute atomic E-state index is 0.104. The molecule has 0 bridgehead atoms. The van der Waals surface area contributed by atoms with E-state index in [-0.39, 0.29) is 18.9 Å². The zero-order valence-electron chi connectivity index (χ0n) is 11.2. The lowest BCUT2D eigenvalue weighted by atomic mass is 10.1. The van der Waals surface area contributed by atoms with Crippen LogP contribution in [-0.2, 0) is 11.3 Å². The van der Waals surface area contributed by atoms with Crippen LogP contribution >= 0.6 is 0 Å². The highest BCUT2D eigenvalue weighted by molar-refractivity contribution is 5.76. The average molecular weight is 271 g/mol. The van der Waals surface area contributed by atoms with Gasteiger partial charge < -0.3 is 10.0 Å². The number of rotatable bonds is 6. The Labute approximate surface area is 111 Å². The summed E-state index contributed by atoms with van der Waals surface area (Å²) in [6.45, 7) is 4.17. The van der Waals surface area contributed by atoms with Crippen LogP contribution in [0.2, 0.25) is 0 Å². The van der Waals surface area contributed by atoms with Crippen molar-refractivity contribution < 1.29 is 18.7 Å². The number of aliphatic hydroxyl groups is 1. The van der Waals surface area contributed by atoms with Crippen molar-refractivity contribution in [3.63, 3.8) is 0 Å². The van der Waals surface area contributed by atoms with Gasteiger partial charge in [-0.3, -0.25) is 4.79 Å². The van der Waals surface area contributed by atoms with Crippen molar-refractivity contribution in [2.45, 2.75) is 39.3 Å². The molecule has 0 saturated carbocycles. The third-order valence-electron chi connectivity index (χ3n) is 2.87. The van der Waals surface area contributed by atoms with Crippen molar-refractivity contribution in [3.8, 4) is 0 Å². The van der Waals surface area contributed by atoms with Crippen molar-refractivity contribution >= 4 is 5.91 Å². The number of nitrogens with zero attached hydrogens (tertiary/aromatic N) is 1. The molecular weight excluding hydrogens is 252 g/mol. The zero-order valence-corrected chi connectivity index (χ0v) is 11.2. The average Bonchev–Trinajstić information content (AvgIpc) is 2.37. The van der Waals surface area contributed by atoms with Crippen LogP contribution in [0.4, 0.5) is 8.78 Å². The summed E-state index contributed by atoms with van der Waals surface area (Å²) in [5, 5.41) is 9.15. The summed E-state index contributed by atoms with van der Waals surface area (Å²) >= 11 is 0. The van der Waals surface area contributed by atoms with Crippen molar-refractivity contribution in [2.24, 2.45) is 0 Å². The van der Waals surface area contributed by atoms with E-state index < -0.39 is 17.7 Å². The molecular formula is C14H19F2NO2. The van der Waals surface area contributed by atoms with Crippen LogP contribution in [0.5, 0.6) is 0 Å². The molecule has 0 aromatic heterocycles. The summed E-state index contributed by atoms with van der Waals surface area (Å²) in [6.07, 6.45) is 0.119. The molecule has 1 unspecified atom stereocenters. The maximum atomic E-state index is 13.1. The van der Waals surface area contributed by atoms with Gasteiger partial charge in [0, 0.05) is 19.5 Å². The molecule has 5 heteroatoms. The van der Waals surface area contributed by atoms with E-state index >= 15 is 0 Å². The second-order valence-corrected chi connectivity index (χ2v) is 4.54. The molecule has 1 aromatic carbocycles. The van der Waals surface area contributed by atoms with Gasteiger partial charge in [0.2, 0.25) is 5.91 Å². The van der Waals surface area contributed by atoms with Gasteiger partial charge in [-0.05, 0) is 38.0 Å². The maximum Gasteiger partial charge on any atom is 0.222 e. The SMILES string of the molecule is CCN(Cc1ccc(F)c(F)c1)C(=O)CCC(C)O. The molecule has 0 aliphatic rings. The Morgan fingerprint density at radius 3 is 2.58 bits per heavy atom. The molecule has 1 N–H and O–H groups in total. The number of hydrogen-bond donors (Lipinski definition) is 1. The van der Waals surface area contributed by atoms with E-state index in [1.165, 1.54) is 6.07 Å². The van der Waals surface area contributed by atoms with Crippen LogP contribution in [0, 0.1) is 11.6 Å². The smallest absolute Gasteiger partial charge is 0.222 e. The minimum atomic E-state index is -0.912. The molecule has 1 aromatic rings. The predicted octanol–water partition coefficient (Wildman–Crippen LogP) is 2.47. The molecule has 1 atom stereocenters. The first-order valence-corrected chi connectivity index (χ1v) is 6.33. The molecule has 0 heterocycles. The van der Waals surface area contributed by atoms with Gasteiger partial charge in [-0.2, -0.15) is 0 Å². The first kappa shape index (κ1) is 15.6. The Morgan fingerprint density at radius 2 is 2.05 bits per heavy atom. The van der Waals surface area contributed by atoms with Crippen LogP contribution < -0.4 is 0 Å². The number of benzene rings is 1. The number of carbonyl (C=O) groups excluding carboxylic acids is 1. The van der Waals surface area contributed by atoms with Gasteiger partial charge in [0.1, 0.15) is 0 Å². The third kappa shape index (κ3) is 4.95. The molecule has 0 saturated heterocycles. The van der Waals surface area contributed by atoms with Gasteiger partial charge in [-0.15, -0.1) is 0 Å². The lowest BCUT2D eigenvalue weighted by Crippen LogP contribution is -2.30. The summed E-state index contributed by atoms with van der Waals surface area (Å²) in [7, 11) is 0. The van der Waals surface area contributed by atoms with Gasteiger partial charge in [-0.25, -0.2) is 8.78 Å². The number of halogens is 2. The Hall–Kier alpha value is -1.49. The van der Waals surface area contributed by atoms with Crippen molar-refractivity contribution in [1.82, 2.24) is 4.90 Å².